The van der Waals surface area contributed by atoms with E-state index in [4.69, 9.17) is 11.6 Å². The minimum atomic E-state index is -0.360. The normalized spacial score (nSPS) is 17.8. The highest BCUT2D eigenvalue weighted by Gasteiger charge is 2.36. The molecule has 0 aliphatic carbocycles. The molecule has 1 unspecified atom stereocenters. The van der Waals surface area contributed by atoms with E-state index in [2.05, 4.69) is 20.8 Å². The molecule has 10 heteroatoms. The van der Waals surface area contributed by atoms with Gasteiger partial charge in [-0.3, -0.25) is 4.79 Å². The molecule has 2 aliphatic heterocycles. The van der Waals surface area contributed by atoms with Crippen molar-refractivity contribution in [1.82, 2.24) is 25.0 Å². The molecule has 3 amide bonds. The number of fused-ring (bicyclic) bond motifs is 1. The van der Waals surface area contributed by atoms with E-state index in [-0.39, 0.29) is 29.7 Å². The summed E-state index contributed by atoms with van der Waals surface area (Å²) >= 11 is 5.91. The van der Waals surface area contributed by atoms with Gasteiger partial charge in [0.25, 0.3) is 0 Å². The van der Waals surface area contributed by atoms with E-state index < -0.39 is 0 Å². The molecule has 182 valence electrons. The highest BCUT2D eigenvalue weighted by atomic mass is 35.5. The maximum Gasteiger partial charge on any atom is 0.321 e. The Bertz CT molecular complexity index is 1210. The van der Waals surface area contributed by atoms with Gasteiger partial charge >= 0.3 is 6.03 Å². The van der Waals surface area contributed by atoms with Crippen molar-refractivity contribution in [3.63, 3.8) is 0 Å². The molecule has 5 rings (SSSR count). The van der Waals surface area contributed by atoms with Crippen molar-refractivity contribution >= 4 is 29.2 Å². The molecule has 1 saturated heterocycles. The standard InChI is InChI=1S/C25H26ClFN6O2/c26-18-3-7-20(8-4-18)29-25(35)32-13-11-17(12-14-32)23-31-30-22-10-9-21(33(22)23)24(34)28-15-16-1-5-19(27)6-2-16/h1-8,17,21H,9-15H2,(H,28,34)(H,29,35). The smallest absolute Gasteiger partial charge is 0.321 e. The largest absolute Gasteiger partial charge is 0.350 e. The summed E-state index contributed by atoms with van der Waals surface area (Å²) in [6.07, 6.45) is 2.87. The van der Waals surface area contributed by atoms with Crippen molar-refractivity contribution < 1.29 is 14.0 Å². The lowest BCUT2D eigenvalue weighted by atomic mass is 9.95. The highest BCUT2D eigenvalue weighted by Crippen LogP contribution is 2.34. The topological polar surface area (TPSA) is 92.2 Å². The zero-order valence-electron chi connectivity index (χ0n) is 19.1. The van der Waals surface area contributed by atoms with E-state index in [0.29, 0.717) is 43.2 Å². The van der Waals surface area contributed by atoms with E-state index in [0.717, 1.165) is 30.1 Å². The average Bonchev–Trinajstić information content (AvgIpc) is 3.48. The number of carbonyl (C=O) groups excluding carboxylic acids is 2. The van der Waals surface area contributed by atoms with E-state index in [9.17, 15) is 14.0 Å². The van der Waals surface area contributed by atoms with Gasteiger partial charge in [0.15, 0.2) is 0 Å². The Morgan fingerprint density at radius 1 is 1.00 bits per heavy atom. The zero-order valence-corrected chi connectivity index (χ0v) is 19.8. The Kier molecular flexibility index (Phi) is 6.68. The number of carbonyl (C=O) groups is 2. The van der Waals surface area contributed by atoms with Gasteiger partial charge in [-0.2, -0.15) is 0 Å². The van der Waals surface area contributed by atoms with Crippen LogP contribution in [-0.4, -0.2) is 44.7 Å². The van der Waals surface area contributed by atoms with Gasteiger partial charge in [0.05, 0.1) is 0 Å². The molecule has 2 aliphatic rings. The molecular formula is C25H26ClFN6O2. The number of aromatic nitrogens is 3. The first-order chi connectivity index (χ1) is 17.0. The number of nitrogens with zero attached hydrogens (tertiary/aromatic N) is 4. The van der Waals surface area contributed by atoms with E-state index in [1.165, 1.54) is 12.1 Å². The van der Waals surface area contributed by atoms with Gasteiger partial charge in [-0.05, 0) is 61.2 Å². The number of piperidine rings is 1. The minimum Gasteiger partial charge on any atom is -0.350 e. The molecule has 2 N–H and O–H groups in total. The number of aryl methyl sites for hydroxylation is 1. The number of urea groups is 1. The molecule has 0 radical (unpaired) electrons. The number of rotatable bonds is 5. The lowest BCUT2D eigenvalue weighted by molar-refractivity contribution is -0.124. The average molecular weight is 497 g/mol. The summed E-state index contributed by atoms with van der Waals surface area (Å²) in [7, 11) is 0. The number of likely N-dealkylation sites (tertiary alicyclic amines) is 1. The van der Waals surface area contributed by atoms with E-state index in [1.54, 1.807) is 41.3 Å². The van der Waals surface area contributed by atoms with Crippen molar-refractivity contribution in [3.8, 4) is 0 Å². The maximum absolute atomic E-state index is 13.1. The Hall–Kier alpha value is -3.46. The lowest BCUT2D eigenvalue weighted by Crippen LogP contribution is -2.41. The summed E-state index contributed by atoms with van der Waals surface area (Å²) in [6, 6.07) is 12.6. The molecule has 3 aromatic rings. The van der Waals surface area contributed by atoms with Crippen molar-refractivity contribution in [1.29, 1.82) is 0 Å². The second kappa shape index (κ2) is 10.0. The third-order valence-corrected chi connectivity index (χ3v) is 6.92. The molecule has 1 atom stereocenters. The number of benzene rings is 2. The summed E-state index contributed by atoms with van der Waals surface area (Å²) in [5.41, 5.74) is 1.54. The van der Waals surface area contributed by atoms with Crippen molar-refractivity contribution in [2.24, 2.45) is 0 Å². The van der Waals surface area contributed by atoms with Crippen LogP contribution in [0, 0.1) is 5.82 Å². The van der Waals surface area contributed by atoms with Gasteiger partial charge in [-0.1, -0.05) is 23.7 Å². The zero-order chi connectivity index (χ0) is 24.4. The summed E-state index contributed by atoms with van der Waals surface area (Å²) in [6.45, 7) is 1.52. The SMILES string of the molecule is O=C(NCc1ccc(F)cc1)C1CCc2nnc(C3CCN(C(=O)Nc4ccc(Cl)cc4)CC3)n21. The fourth-order valence-electron chi connectivity index (χ4n) is 4.75. The molecular weight excluding hydrogens is 471 g/mol. The molecule has 0 spiro atoms. The second-order valence-corrected chi connectivity index (χ2v) is 9.38. The molecule has 0 bridgehead atoms. The predicted molar refractivity (Wildman–Crippen MR) is 130 cm³/mol. The molecule has 8 nitrogen and oxygen atoms in total. The quantitative estimate of drug-likeness (QED) is 0.551. The van der Waals surface area contributed by atoms with Gasteiger partial charge < -0.3 is 20.1 Å². The van der Waals surface area contributed by atoms with Gasteiger partial charge in [0.1, 0.15) is 23.5 Å². The molecule has 1 fully saturated rings. The van der Waals surface area contributed by atoms with Crippen LogP contribution in [0.4, 0.5) is 14.9 Å². The van der Waals surface area contributed by atoms with E-state index >= 15 is 0 Å². The summed E-state index contributed by atoms with van der Waals surface area (Å²) in [5, 5.41) is 15.2. The van der Waals surface area contributed by atoms with Crippen molar-refractivity contribution in [3.05, 3.63) is 76.6 Å². The Labute approximate surface area is 207 Å². The van der Waals surface area contributed by atoms with Gasteiger partial charge in [-0.15, -0.1) is 10.2 Å². The van der Waals surface area contributed by atoms with Crippen molar-refractivity contribution in [2.75, 3.05) is 18.4 Å². The summed E-state index contributed by atoms with van der Waals surface area (Å²) < 4.78 is 15.1. The number of hydrogen-bond acceptors (Lipinski definition) is 4. The first-order valence-electron chi connectivity index (χ1n) is 11.8. The fourth-order valence-corrected chi connectivity index (χ4v) is 4.88. The van der Waals surface area contributed by atoms with Crippen LogP contribution in [-0.2, 0) is 17.8 Å². The van der Waals surface area contributed by atoms with Crippen LogP contribution >= 0.6 is 11.6 Å². The molecule has 3 heterocycles. The number of amides is 3. The summed E-state index contributed by atoms with van der Waals surface area (Å²) in [4.78, 5) is 27.4. The van der Waals surface area contributed by atoms with Gasteiger partial charge in [0.2, 0.25) is 5.91 Å². The molecule has 1 aromatic heterocycles. The predicted octanol–water partition coefficient (Wildman–Crippen LogP) is 4.29. The number of halogens is 2. The van der Waals surface area contributed by atoms with Crippen LogP contribution in [0.5, 0.6) is 0 Å². The molecule has 35 heavy (non-hydrogen) atoms. The molecule has 2 aromatic carbocycles. The van der Waals surface area contributed by atoms with E-state index in [1.807, 2.05) is 4.57 Å². The third kappa shape index (κ3) is 5.14. The highest BCUT2D eigenvalue weighted by molar-refractivity contribution is 6.30. The van der Waals surface area contributed by atoms with Crippen LogP contribution < -0.4 is 10.6 Å². The Morgan fingerprint density at radius 3 is 2.43 bits per heavy atom. The maximum atomic E-state index is 13.1. The van der Waals surface area contributed by atoms with Crippen LogP contribution in [0.15, 0.2) is 48.5 Å². The minimum absolute atomic E-state index is 0.0890. The van der Waals surface area contributed by atoms with Crippen LogP contribution in [0.1, 0.15) is 48.4 Å². The van der Waals surface area contributed by atoms with Crippen molar-refractivity contribution in [2.45, 2.75) is 44.2 Å². The van der Waals surface area contributed by atoms with Gasteiger partial charge in [0, 0.05) is 42.7 Å². The monoisotopic (exact) mass is 496 g/mol. The first kappa shape index (κ1) is 23.3. The second-order valence-electron chi connectivity index (χ2n) is 8.94. The number of anilines is 1. The Balaban J connectivity index is 1.19. The van der Waals surface area contributed by atoms with Crippen LogP contribution in [0.2, 0.25) is 5.02 Å². The number of hydrogen-bond donors (Lipinski definition) is 2. The van der Waals surface area contributed by atoms with Gasteiger partial charge in [-0.25, -0.2) is 9.18 Å². The summed E-state index contributed by atoms with van der Waals surface area (Å²) in [5.74, 6) is 1.38. The lowest BCUT2D eigenvalue weighted by Gasteiger charge is -2.32. The third-order valence-electron chi connectivity index (χ3n) is 6.67. The number of nitrogens with one attached hydrogen (secondary N) is 2. The molecule has 0 saturated carbocycles. The van der Waals surface area contributed by atoms with Crippen LogP contribution in [0.3, 0.4) is 0 Å². The van der Waals surface area contributed by atoms with Crippen LogP contribution in [0.25, 0.3) is 0 Å². The first-order valence-corrected chi connectivity index (χ1v) is 12.1. The fraction of sp³-hybridized carbons (Fsp3) is 0.360. The Morgan fingerprint density at radius 2 is 1.71 bits per heavy atom.